The molecule has 0 radical (unpaired) electrons. The van der Waals surface area contributed by atoms with Crippen molar-refractivity contribution in [1.82, 2.24) is 10.6 Å². The third kappa shape index (κ3) is 1.71. The van der Waals surface area contributed by atoms with Crippen molar-refractivity contribution in [2.75, 3.05) is 13.2 Å². The molecule has 1 saturated carbocycles. The Morgan fingerprint density at radius 2 is 2.25 bits per heavy atom. The molecule has 3 fully saturated rings. The van der Waals surface area contributed by atoms with E-state index in [1.54, 1.807) is 0 Å². The molecule has 6 heteroatoms. The van der Waals surface area contributed by atoms with Gasteiger partial charge in [0.1, 0.15) is 5.54 Å². The number of hydrogen-bond acceptors (Lipinski definition) is 4. The highest BCUT2D eigenvalue weighted by Gasteiger charge is 2.70. The van der Waals surface area contributed by atoms with Gasteiger partial charge in [-0.05, 0) is 12.8 Å². The number of nitrogens with one attached hydrogen (secondary N) is 2. The number of carbonyl (C=O) groups excluding carboxylic acids is 2. The van der Waals surface area contributed by atoms with E-state index in [4.69, 9.17) is 10.5 Å². The van der Waals surface area contributed by atoms with Crippen LogP contribution in [0.3, 0.4) is 0 Å². The van der Waals surface area contributed by atoms with Crippen LogP contribution in [-0.4, -0.2) is 42.7 Å². The van der Waals surface area contributed by atoms with Crippen molar-refractivity contribution in [2.45, 2.75) is 50.8 Å². The van der Waals surface area contributed by atoms with Crippen LogP contribution in [0.4, 0.5) is 0 Å². The van der Waals surface area contributed by atoms with Gasteiger partial charge in [-0.1, -0.05) is 13.8 Å². The normalized spacial score (nSPS) is 42.4. The molecule has 4 unspecified atom stereocenters. The number of rotatable bonds is 2. The van der Waals surface area contributed by atoms with E-state index >= 15 is 0 Å². The third-order valence-corrected chi connectivity index (χ3v) is 5.37. The molecule has 3 aliphatic rings. The van der Waals surface area contributed by atoms with Crippen LogP contribution in [0.15, 0.2) is 0 Å². The summed E-state index contributed by atoms with van der Waals surface area (Å²) in [5.41, 5.74) is 5.22. The van der Waals surface area contributed by atoms with E-state index in [1.165, 1.54) is 0 Å². The molecule has 0 aromatic rings. The molecular weight excluding hydrogens is 258 g/mol. The molecule has 0 bridgehead atoms. The van der Waals surface area contributed by atoms with Crippen LogP contribution in [0, 0.1) is 11.3 Å². The first-order valence-electron chi connectivity index (χ1n) is 7.35. The largest absolute Gasteiger partial charge is 0.377 e. The lowest BCUT2D eigenvalue weighted by molar-refractivity contribution is -0.225. The highest BCUT2D eigenvalue weighted by molar-refractivity contribution is 5.90. The number of fused-ring (bicyclic) bond motifs is 1. The Bertz CT molecular complexity index is 451. The van der Waals surface area contributed by atoms with Crippen LogP contribution in [0.25, 0.3) is 0 Å². The van der Waals surface area contributed by atoms with Crippen molar-refractivity contribution in [1.29, 1.82) is 0 Å². The fourth-order valence-corrected chi connectivity index (χ4v) is 4.05. The summed E-state index contributed by atoms with van der Waals surface area (Å²) in [6, 6.07) is -0.144. The molecule has 4 N–H and O–H groups in total. The minimum absolute atomic E-state index is 0.0203. The SMILES string of the molecule is CC1(C)C2OCCCC2C1(N)C(=O)NC1CNC(=O)C1. The second kappa shape index (κ2) is 4.43. The van der Waals surface area contributed by atoms with E-state index in [-0.39, 0.29) is 35.3 Å². The number of hydrogen-bond donors (Lipinski definition) is 3. The fourth-order valence-electron chi connectivity index (χ4n) is 4.05. The first-order chi connectivity index (χ1) is 9.37. The Morgan fingerprint density at radius 3 is 2.90 bits per heavy atom. The van der Waals surface area contributed by atoms with E-state index in [0.717, 1.165) is 19.4 Å². The topological polar surface area (TPSA) is 93.4 Å². The number of carbonyl (C=O) groups is 2. The Labute approximate surface area is 118 Å². The molecule has 0 aromatic heterocycles. The van der Waals surface area contributed by atoms with Crippen LogP contribution in [0.5, 0.6) is 0 Å². The Morgan fingerprint density at radius 1 is 1.50 bits per heavy atom. The zero-order valence-electron chi connectivity index (χ0n) is 12.1. The quantitative estimate of drug-likeness (QED) is 0.637. The lowest BCUT2D eigenvalue weighted by Gasteiger charge is -2.65. The van der Waals surface area contributed by atoms with Gasteiger partial charge in [-0.15, -0.1) is 0 Å². The van der Waals surface area contributed by atoms with Crippen LogP contribution in [0.1, 0.15) is 33.1 Å². The molecule has 0 aromatic carbocycles. The monoisotopic (exact) mass is 281 g/mol. The van der Waals surface area contributed by atoms with Gasteiger partial charge in [-0.3, -0.25) is 9.59 Å². The Balaban J connectivity index is 1.74. The van der Waals surface area contributed by atoms with Crippen LogP contribution < -0.4 is 16.4 Å². The van der Waals surface area contributed by atoms with Gasteiger partial charge in [0, 0.05) is 30.9 Å². The van der Waals surface area contributed by atoms with E-state index in [1.807, 2.05) is 13.8 Å². The molecule has 2 aliphatic heterocycles. The predicted octanol–water partition coefficient (Wildman–Crippen LogP) is -0.476. The van der Waals surface area contributed by atoms with Gasteiger partial charge in [0.05, 0.1) is 12.1 Å². The van der Waals surface area contributed by atoms with Crippen LogP contribution in [-0.2, 0) is 14.3 Å². The van der Waals surface area contributed by atoms with Gasteiger partial charge in [0.2, 0.25) is 11.8 Å². The van der Waals surface area contributed by atoms with Gasteiger partial charge in [0.15, 0.2) is 0 Å². The number of amides is 2. The number of nitrogens with two attached hydrogens (primary N) is 1. The molecule has 2 saturated heterocycles. The van der Waals surface area contributed by atoms with Crippen molar-refractivity contribution in [2.24, 2.45) is 17.1 Å². The Kier molecular flexibility index (Phi) is 3.06. The molecule has 0 spiro atoms. The zero-order valence-corrected chi connectivity index (χ0v) is 12.1. The summed E-state index contributed by atoms with van der Waals surface area (Å²) in [4.78, 5) is 23.9. The lowest BCUT2D eigenvalue weighted by Crippen LogP contribution is -2.82. The maximum atomic E-state index is 12.6. The average Bonchev–Trinajstić information content (AvgIpc) is 2.83. The van der Waals surface area contributed by atoms with Crippen LogP contribution in [0.2, 0.25) is 0 Å². The summed E-state index contributed by atoms with van der Waals surface area (Å²) >= 11 is 0. The van der Waals surface area contributed by atoms with Gasteiger partial charge >= 0.3 is 0 Å². The van der Waals surface area contributed by atoms with Crippen molar-refractivity contribution in [3.63, 3.8) is 0 Å². The fraction of sp³-hybridized carbons (Fsp3) is 0.857. The minimum atomic E-state index is -0.899. The molecule has 2 heterocycles. The first-order valence-corrected chi connectivity index (χ1v) is 7.35. The highest BCUT2D eigenvalue weighted by Crippen LogP contribution is 2.57. The van der Waals surface area contributed by atoms with Crippen molar-refractivity contribution in [3.05, 3.63) is 0 Å². The van der Waals surface area contributed by atoms with Crippen molar-refractivity contribution < 1.29 is 14.3 Å². The molecule has 2 amide bonds. The molecule has 3 rings (SSSR count). The smallest absolute Gasteiger partial charge is 0.241 e. The summed E-state index contributed by atoms with van der Waals surface area (Å²) in [6.07, 6.45) is 2.29. The Hall–Kier alpha value is -1.14. The van der Waals surface area contributed by atoms with E-state index in [2.05, 4.69) is 10.6 Å². The van der Waals surface area contributed by atoms with Gasteiger partial charge in [0.25, 0.3) is 0 Å². The van der Waals surface area contributed by atoms with Gasteiger partial charge < -0.3 is 21.1 Å². The van der Waals surface area contributed by atoms with Crippen molar-refractivity contribution >= 4 is 11.8 Å². The summed E-state index contributed by atoms with van der Waals surface area (Å²) in [7, 11) is 0. The zero-order chi connectivity index (χ0) is 14.5. The van der Waals surface area contributed by atoms with E-state index in [9.17, 15) is 9.59 Å². The lowest BCUT2D eigenvalue weighted by atomic mass is 9.46. The first kappa shape index (κ1) is 13.8. The van der Waals surface area contributed by atoms with Gasteiger partial charge in [-0.25, -0.2) is 0 Å². The molecule has 4 atom stereocenters. The van der Waals surface area contributed by atoms with Gasteiger partial charge in [-0.2, -0.15) is 0 Å². The molecular formula is C14H23N3O3. The maximum absolute atomic E-state index is 12.6. The number of ether oxygens (including phenoxy) is 1. The maximum Gasteiger partial charge on any atom is 0.241 e. The van der Waals surface area contributed by atoms with E-state index in [0.29, 0.717) is 13.0 Å². The highest BCUT2D eigenvalue weighted by atomic mass is 16.5. The standard InChI is InChI=1S/C14H23N3O3/c1-13(2)11-9(4-3-5-20-11)14(13,15)12(19)17-8-6-10(18)16-7-8/h8-9,11H,3-7,15H2,1-2H3,(H,16,18)(H,17,19). The summed E-state index contributed by atoms with van der Waals surface area (Å²) in [6.45, 7) is 5.24. The van der Waals surface area contributed by atoms with E-state index < -0.39 is 5.54 Å². The predicted molar refractivity (Wildman–Crippen MR) is 72.7 cm³/mol. The molecule has 20 heavy (non-hydrogen) atoms. The van der Waals surface area contributed by atoms with Crippen LogP contribution >= 0.6 is 0 Å². The molecule has 6 nitrogen and oxygen atoms in total. The third-order valence-electron chi connectivity index (χ3n) is 5.37. The second-order valence-corrected chi connectivity index (χ2v) is 6.81. The summed E-state index contributed by atoms with van der Waals surface area (Å²) in [5, 5.41) is 5.66. The second-order valence-electron chi connectivity index (χ2n) is 6.81. The summed E-state index contributed by atoms with van der Waals surface area (Å²) in [5.74, 6) is -0.0832. The minimum Gasteiger partial charge on any atom is -0.377 e. The average molecular weight is 281 g/mol. The summed E-state index contributed by atoms with van der Waals surface area (Å²) < 4.78 is 5.80. The molecule has 112 valence electrons. The molecule has 1 aliphatic carbocycles. The van der Waals surface area contributed by atoms with Crippen molar-refractivity contribution in [3.8, 4) is 0 Å².